The Morgan fingerprint density at radius 3 is 2.68 bits per heavy atom. The van der Waals surface area contributed by atoms with Crippen LogP contribution in [0.15, 0.2) is 36.5 Å². The van der Waals surface area contributed by atoms with Crippen LogP contribution in [0.3, 0.4) is 0 Å². The lowest BCUT2D eigenvalue weighted by atomic mass is 10.2. The molecule has 118 valence electrons. The van der Waals surface area contributed by atoms with Crippen molar-refractivity contribution in [3.05, 3.63) is 42.2 Å². The number of para-hydroxylation sites is 1. The number of aromatic nitrogens is 3. The Hall–Kier alpha value is -2.37. The number of nitrogens with one attached hydrogen (secondary N) is 1. The molecule has 1 N–H and O–H groups in total. The molecule has 1 atom stereocenters. The molecule has 2 aromatic rings. The first-order valence-electron chi connectivity index (χ1n) is 7.42. The minimum absolute atomic E-state index is 0.0610. The zero-order chi connectivity index (χ0) is 15.9. The molecular formula is C16H22N4O2. The molecule has 1 aromatic carbocycles. The van der Waals surface area contributed by atoms with E-state index in [0.29, 0.717) is 24.8 Å². The molecule has 1 amide bonds. The Balaban J connectivity index is 1.89. The van der Waals surface area contributed by atoms with E-state index in [4.69, 9.17) is 4.74 Å². The number of nitrogens with zero attached hydrogens (tertiary/aromatic N) is 3. The maximum absolute atomic E-state index is 12.0. The summed E-state index contributed by atoms with van der Waals surface area (Å²) in [7, 11) is 0. The Kier molecular flexibility index (Phi) is 5.52. The van der Waals surface area contributed by atoms with E-state index in [-0.39, 0.29) is 5.91 Å². The van der Waals surface area contributed by atoms with E-state index in [2.05, 4.69) is 29.5 Å². The van der Waals surface area contributed by atoms with E-state index in [1.54, 1.807) is 17.8 Å². The van der Waals surface area contributed by atoms with Crippen molar-refractivity contribution in [2.24, 2.45) is 5.92 Å². The van der Waals surface area contributed by atoms with Gasteiger partial charge in [0.25, 0.3) is 0 Å². The molecule has 0 fully saturated rings. The van der Waals surface area contributed by atoms with Gasteiger partial charge in [-0.25, -0.2) is 4.68 Å². The molecule has 0 unspecified atom stereocenters. The van der Waals surface area contributed by atoms with Gasteiger partial charge in [0.15, 0.2) is 0 Å². The lowest BCUT2D eigenvalue weighted by Gasteiger charge is -2.13. The van der Waals surface area contributed by atoms with Crippen molar-refractivity contribution in [3.8, 4) is 5.75 Å². The van der Waals surface area contributed by atoms with Gasteiger partial charge in [0.05, 0.1) is 6.20 Å². The first kappa shape index (κ1) is 16.0. The minimum Gasteiger partial charge on any atom is -0.487 e. The maximum Gasteiger partial charge on any atom is 0.244 e. The SMILES string of the molecule is CC(C)CNC(=O)[C@H](C)n1cc(COc2ccccc2)nn1. The zero-order valence-corrected chi connectivity index (χ0v) is 13.2. The number of ether oxygens (including phenoxy) is 1. The summed E-state index contributed by atoms with van der Waals surface area (Å²) < 4.78 is 7.16. The summed E-state index contributed by atoms with van der Waals surface area (Å²) in [5.74, 6) is 1.13. The molecule has 1 heterocycles. The topological polar surface area (TPSA) is 69.0 Å². The van der Waals surface area contributed by atoms with Crippen LogP contribution in [0.4, 0.5) is 0 Å². The number of rotatable bonds is 7. The van der Waals surface area contributed by atoms with Gasteiger partial charge < -0.3 is 10.1 Å². The highest BCUT2D eigenvalue weighted by molar-refractivity contribution is 5.79. The summed E-state index contributed by atoms with van der Waals surface area (Å²) in [5.41, 5.74) is 0.687. The number of benzene rings is 1. The third-order valence-electron chi connectivity index (χ3n) is 3.15. The second kappa shape index (κ2) is 7.59. The van der Waals surface area contributed by atoms with E-state index < -0.39 is 6.04 Å². The zero-order valence-electron chi connectivity index (χ0n) is 13.2. The van der Waals surface area contributed by atoms with Crippen LogP contribution in [-0.4, -0.2) is 27.4 Å². The second-order valence-corrected chi connectivity index (χ2v) is 5.61. The lowest BCUT2D eigenvalue weighted by Crippen LogP contribution is -2.33. The second-order valence-electron chi connectivity index (χ2n) is 5.61. The van der Waals surface area contributed by atoms with Crippen LogP contribution in [0.5, 0.6) is 5.75 Å². The fourth-order valence-corrected chi connectivity index (χ4v) is 1.82. The third-order valence-corrected chi connectivity index (χ3v) is 3.15. The number of hydrogen-bond donors (Lipinski definition) is 1. The minimum atomic E-state index is -0.392. The summed E-state index contributed by atoms with van der Waals surface area (Å²) in [4.78, 5) is 12.0. The van der Waals surface area contributed by atoms with Crippen LogP contribution in [0.25, 0.3) is 0 Å². The lowest BCUT2D eigenvalue weighted by molar-refractivity contribution is -0.124. The van der Waals surface area contributed by atoms with Gasteiger partial charge in [-0.2, -0.15) is 0 Å². The largest absolute Gasteiger partial charge is 0.487 e. The Morgan fingerprint density at radius 1 is 1.27 bits per heavy atom. The first-order chi connectivity index (χ1) is 10.6. The fourth-order valence-electron chi connectivity index (χ4n) is 1.82. The summed E-state index contributed by atoms with van der Waals surface area (Å²) >= 11 is 0. The molecular weight excluding hydrogens is 280 g/mol. The Labute approximate surface area is 130 Å². The van der Waals surface area contributed by atoms with Gasteiger partial charge in [-0.1, -0.05) is 37.3 Å². The average Bonchev–Trinajstić information content (AvgIpc) is 2.99. The molecule has 0 saturated heterocycles. The summed E-state index contributed by atoms with van der Waals surface area (Å²) in [6.45, 7) is 6.89. The Bertz CT molecular complexity index is 595. The van der Waals surface area contributed by atoms with Gasteiger partial charge in [0.2, 0.25) is 5.91 Å². The quantitative estimate of drug-likeness (QED) is 0.851. The Morgan fingerprint density at radius 2 is 2.00 bits per heavy atom. The van der Waals surface area contributed by atoms with Crippen LogP contribution in [-0.2, 0) is 11.4 Å². The van der Waals surface area contributed by atoms with Crippen molar-refractivity contribution in [1.82, 2.24) is 20.3 Å². The number of hydrogen-bond acceptors (Lipinski definition) is 4. The number of carbonyl (C=O) groups excluding carboxylic acids is 1. The molecule has 0 spiro atoms. The molecule has 0 aliphatic carbocycles. The smallest absolute Gasteiger partial charge is 0.244 e. The van der Waals surface area contributed by atoms with Crippen molar-refractivity contribution >= 4 is 5.91 Å². The van der Waals surface area contributed by atoms with Crippen LogP contribution in [0, 0.1) is 5.92 Å². The monoisotopic (exact) mass is 302 g/mol. The van der Waals surface area contributed by atoms with Crippen molar-refractivity contribution in [2.75, 3.05) is 6.54 Å². The van der Waals surface area contributed by atoms with Crippen LogP contribution in [0.2, 0.25) is 0 Å². The van der Waals surface area contributed by atoms with Gasteiger partial charge in [0, 0.05) is 6.54 Å². The van der Waals surface area contributed by atoms with Crippen molar-refractivity contribution in [1.29, 1.82) is 0 Å². The standard InChI is InChI=1S/C16H22N4O2/c1-12(2)9-17-16(21)13(3)20-10-14(18-19-20)11-22-15-7-5-4-6-8-15/h4-8,10,12-13H,9,11H2,1-3H3,(H,17,21)/t13-/m0/s1. The normalized spacial score (nSPS) is 12.2. The first-order valence-corrected chi connectivity index (χ1v) is 7.42. The highest BCUT2D eigenvalue weighted by atomic mass is 16.5. The molecule has 6 heteroatoms. The van der Waals surface area contributed by atoms with Gasteiger partial charge in [-0.3, -0.25) is 4.79 Å². The number of carbonyl (C=O) groups is 1. The predicted molar refractivity (Wildman–Crippen MR) is 83.4 cm³/mol. The fraction of sp³-hybridized carbons (Fsp3) is 0.438. The van der Waals surface area contributed by atoms with Gasteiger partial charge in [-0.05, 0) is 25.0 Å². The van der Waals surface area contributed by atoms with E-state index in [1.165, 1.54) is 0 Å². The van der Waals surface area contributed by atoms with Crippen molar-refractivity contribution in [3.63, 3.8) is 0 Å². The molecule has 2 rings (SSSR count). The molecule has 0 bridgehead atoms. The van der Waals surface area contributed by atoms with Crippen molar-refractivity contribution < 1.29 is 9.53 Å². The highest BCUT2D eigenvalue weighted by Crippen LogP contribution is 2.11. The average molecular weight is 302 g/mol. The van der Waals surface area contributed by atoms with Gasteiger partial charge in [-0.15, -0.1) is 5.10 Å². The molecule has 6 nitrogen and oxygen atoms in total. The van der Waals surface area contributed by atoms with Crippen LogP contribution < -0.4 is 10.1 Å². The summed E-state index contributed by atoms with van der Waals surface area (Å²) in [5, 5.41) is 10.9. The molecule has 0 aliphatic heterocycles. The van der Waals surface area contributed by atoms with E-state index >= 15 is 0 Å². The maximum atomic E-state index is 12.0. The van der Waals surface area contributed by atoms with Crippen LogP contribution in [0.1, 0.15) is 32.5 Å². The van der Waals surface area contributed by atoms with Crippen molar-refractivity contribution in [2.45, 2.75) is 33.4 Å². The van der Waals surface area contributed by atoms with Gasteiger partial charge >= 0.3 is 0 Å². The van der Waals surface area contributed by atoms with E-state index in [1.807, 2.05) is 30.3 Å². The van der Waals surface area contributed by atoms with Gasteiger partial charge in [0.1, 0.15) is 24.1 Å². The van der Waals surface area contributed by atoms with Crippen LogP contribution >= 0.6 is 0 Å². The molecule has 1 aromatic heterocycles. The highest BCUT2D eigenvalue weighted by Gasteiger charge is 2.16. The molecule has 0 aliphatic rings. The van der Waals surface area contributed by atoms with E-state index in [0.717, 1.165) is 5.75 Å². The summed E-state index contributed by atoms with van der Waals surface area (Å²) in [6.07, 6.45) is 1.74. The van der Waals surface area contributed by atoms with E-state index in [9.17, 15) is 4.79 Å². The molecule has 0 saturated carbocycles. The third kappa shape index (κ3) is 4.58. The molecule has 0 radical (unpaired) electrons. The summed E-state index contributed by atoms with van der Waals surface area (Å²) in [6, 6.07) is 9.12. The predicted octanol–water partition coefficient (Wildman–Crippen LogP) is 2.19. The molecule has 22 heavy (non-hydrogen) atoms. The number of amides is 1.